The molecular weight excluding hydrogens is 384 g/mol. The Morgan fingerprint density at radius 3 is 2.93 bits per heavy atom. The molecule has 3 atom stereocenters. The van der Waals surface area contributed by atoms with E-state index in [2.05, 4.69) is 25.1 Å². The van der Waals surface area contributed by atoms with E-state index in [0.717, 1.165) is 58.5 Å². The van der Waals surface area contributed by atoms with Gasteiger partial charge in [-0.3, -0.25) is 9.69 Å². The van der Waals surface area contributed by atoms with Crippen LogP contribution in [0, 0.1) is 11.3 Å². The van der Waals surface area contributed by atoms with E-state index in [1.165, 1.54) is 0 Å². The van der Waals surface area contributed by atoms with Crippen LogP contribution in [0.4, 0.5) is 11.8 Å². The number of carbonyl (C=O) groups is 1. The molecule has 1 aliphatic carbocycles. The third-order valence-electron chi connectivity index (χ3n) is 7.06. The zero-order valence-electron chi connectivity index (χ0n) is 17.6. The van der Waals surface area contributed by atoms with Crippen LogP contribution in [-0.2, 0) is 9.53 Å². The van der Waals surface area contributed by atoms with Crippen molar-refractivity contribution < 1.29 is 14.6 Å². The van der Waals surface area contributed by atoms with Crippen molar-refractivity contribution in [1.82, 2.24) is 20.2 Å². The Kier molecular flexibility index (Phi) is 6.70. The van der Waals surface area contributed by atoms with Gasteiger partial charge in [0.25, 0.3) is 0 Å². The van der Waals surface area contributed by atoms with Gasteiger partial charge in [0, 0.05) is 51.6 Å². The van der Waals surface area contributed by atoms with E-state index in [0.29, 0.717) is 43.2 Å². The van der Waals surface area contributed by atoms with Crippen molar-refractivity contribution in [2.45, 2.75) is 38.1 Å². The monoisotopic (exact) mass is 418 g/mol. The third kappa shape index (κ3) is 4.38. The molecule has 3 fully saturated rings. The van der Waals surface area contributed by atoms with Crippen LogP contribution < -0.4 is 16.0 Å². The molecule has 4 N–H and O–H groups in total. The second-order valence-electron chi connectivity index (χ2n) is 8.75. The average Bonchev–Trinajstić information content (AvgIpc) is 2.79. The van der Waals surface area contributed by atoms with Crippen LogP contribution in [-0.4, -0.2) is 84.5 Å². The first-order chi connectivity index (χ1) is 14.6. The Morgan fingerprint density at radius 2 is 2.17 bits per heavy atom. The predicted octanol–water partition coefficient (Wildman–Crippen LogP) is 0.255. The molecule has 3 aliphatic rings. The van der Waals surface area contributed by atoms with Crippen molar-refractivity contribution >= 4 is 17.7 Å². The summed E-state index contributed by atoms with van der Waals surface area (Å²) < 4.78 is 5.53. The SMILES string of the molecule is Nc1ccnc(N2CC[C@@H]3C[C@H](N4CCOCC4)CC[C@@]3(C(=O)NCCCO)C2)n1. The minimum absolute atomic E-state index is 0.0824. The number of aromatic nitrogens is 2. The van der Waals surface area contributed by atoms with Gasteiger partial charge < -0.3 is 25.8 Å². The van der Waals surface area contributed by atoms with Crippen LogP contribution in [0.3, 0.4) is 0 Å². The Balaban J connectivity index is 1.53. The molecule has 0 radical (unpaired) electrons. The zero-order valence-corrected chi connectivity index (χ0v) is 17.6. The first kappa shape index (κ1) is 21.3. The highest BCUT2D eigenvalue weighted by Crippen LogP contribution is 2.48. The van der Waals surface area contributed by atoms with E-state index < -0.39 is 5.41 Å². The number of nitrogens with one attached hydrogen (secondary N) is 1. The molecule has 1 aromatic heterocycles. The molecule has 0 spiro atoms. The number of aliphatic hydroxyl groups excluding tert-OH is 1. The van der Waals surface area contributed by atoms with Crippen LogP contribution in [0.15, 0.2) is 12.3 Å². The maximum Gasteiger partial charge on any atom is 0.228 e. The molecule has 9 heteroatoms. The summed E-state index contributed by atoms with van der Waals surface area (Å²) in [5.74, 6) is 1.48. The second kappa shape index (κ2) is 9.45. The summed E-state index contributed by atoms with van der Waals surface area (Å²) in [6, 6.07) is 2.20. The molecule has 0 bridgehead atoms. The van der Waals surface area contributed by atoms with E-state index in [-0.39, 0.29) is 12.5 Å². The number of carbonyl (C=O) groups excluding carboxylic acids is 1. The Labute approximate surface area is 178 Å². The van der Waals surface area contributed by atoms with Crippen LogP contribution in [0.1, 0.15) is 32.1 Å². The molecule has 3 heterocycles. The van der Waals surface area contributed by atoms with Crippen LogP contribution in [0.5, 0.6) is 0 Å². The Bertz CT molecular complexity index is 728. The summed E-state index contributed by atoms with van der Waals surface area (Å²) >= 11 is 0. The molecule has 9 nitrogen and oxygen atoms in total. The van der Waals surface area contributed by atoms with Gasteiger partial charge in [-0.2, -0.15) is 4.98 Å². The number of fused-ring (bicyclic) bond motifs is 1. The zero-order chi connectivity index (χ0) is 21.0. The summed E-state index contributed by atoms with van der Waals surface area (Å²) in [5, 5.41) is 12.2. The van der Waals surface area contributed by atoms with Gasteiger partial charge in [0.15, 0.2) is 0 Å². The van der Waals surface area contributed by atoms with Crippen molar-refractivity contribution in [3.8, 4) is 0 Å². The smallest absolute Gasteiger partial charge is 0.228 e. The molecule has 1 saturated carbocycles. The lowest BCUT2D eigenvalue weighted by Gasteiger charge is -2.53. The third-order valence-corrected chi connectivity index (χ3v) is 7.06. The molecule has 1 amide bonds. The summed E-state index contributed by atoms with van der Waals surface area (Å²) in [6.45, 7) is 5.60. The number of piperidine rings is 1. The number of nitrogens with zero attached hydrogens (tertiary/aromatic N) is 4. The minimum Gasteiger partial charge on any atom is -0.396 e. The second-order valence-corrected chi connectivity index (χ2v) is 8.75. The number of hydrogen-bond acceptors (Lipinski definition) is 8. The highest BCUT2D eigenvalue weighted by atomic mass is 16.5. The van der Waals surface area contributed by atoms with Crippen molar-refractivity contribution in [3.63, 3.8) is 0 Å². The largest absolute Gasteiger partial charge is 0.396 e. The van der Waals surface area contributed by atoms with Crippen LogP contribution >= 0.6 is 0 Å². The lowest BCUT2D eigenvalue weighted by molar-refractivity contribution is -0.139. The number of nitrogen functional groups attached to an aromatic ring is 1. The van der Waals surface area contributed by atoms with E-state index in [1.54, 1.807) is 12.3 Å². The number of rotatable bonds is 6. The molecule has 4 rings (SSSR count). The number of morpholine rings is 1. The molecule has 2 aliphatic heterocycles. The van der Waals surface area contributed by atoms with Crippen molar-refractivity contribution in [2.75, 3.05) is 63.2 Å². The van der Waals surface area contributed by atoms with Gasteiger partial charge in [0.2, 0.25) is 11.9 Å². The van der Waals surface area contributed by atoms with Gasteiger partial charge in [0.05, 0.1) is 18.6 Å². The van der Waals surface area contributed by atoms with Crippen LogP contribution in [0.25, 0.3) is 0 Å². The fourth-order valence-electron chi connectivity index (χ4n) is 5.42. The van der Waals surface area contributed by atoms with Gasteiger partial charge in [-0.05, 0) is 44.1 Å². The van der Waals surface area contributed by atoms with Crippen molar-refractivity contribution in [2.24, 2.45) is 11.3 Å². The minimum atomic E-state index is -0.454. The fourth-order valence-corrected chi connectivity index (χ4v) is 5.42. The molecule has 2 saturated heterocycles. The summed E-state index contributed by atoms with van der Waals surface area (Å²) in [5.41, 5.74) is 5.42. The molecule has 30 heavy (non-hydrogen) atoms. The van der Waals surface area contributed by atoms with E-state index in [1.807, 2.05) is 0 Å². The maximum absolute atomic E-state index is 13.4. The summed E-state index contributed by atoms with van der Waals surface area (Å²) in [6.07, 6.45) is 6.09. The fraction of sp³-hybridized carbons (Fsp3) is 0.762. The van der Waals surface area contributed by atoms with Gasteiger partial charge in [-0.25, -0.2) is 4.98 Å². The molecular formula is C21H34N6O3. The van der Waals surface area contributed by atoms with Gasteiger partial charge in [0.1, 0.15) is 5.82 Å². The first-order valence-corrected chi connectivity index (χ1v) is 11.2. The molecule has 0 aromatic carbocycles. The number of ether oxygens (including phenoxy) is 1. The topological polar surface area (TPSA) is 117 Å². The number of nitrogens with two attached hydrogens (primary N) is 1. The normalized spacial score (nSPS) is 30.0. The number of aliphatic hydroxyl groups is 1. The number of hydrogen-bond donors (Lipinski definition) is 3. The summed E-state index contributed by atoms with van der Waals surface area (Å²) in [7, 11) is 0. The van der Waals surface area contributed by atoms with E-state index >= 15 is 0 Å². The lowest BCUT2D eigenvalue weighted by atomic mass is 9.61. The predicted molar refractivity (Wildman–Crippen MR) is 114 cm³/mol. The highest BCUT2D eigenvalue weighted by molar-refractivity contribution is 5.84. The van der Waals surface area contributed by atoms with Gasteiger partial charge >= 0.3 is 0 Å². The van der Waals surface area contributed by atoms with Crippen molar-refractivity contribution in [1.29, 1.82) is 0 Å². The van der Waals surface area contributed by atoms with Gasteiger partial charge in [-0.15, -0.1) is 0 Å². The standard InChI is InChI=1S/C21H34N6O3/c22-18-3-7-24-20(25-18)27-8-4-16-14-17(26-9-12-30-13-10-26)2-5-21(16,15-27)19(29)23-6-1-11-28/h3,7,16-17,28H,1-2,4-6,8-15H2,(H,23,29)(H2,22,24,25)/t16-,17-,21-/m1/s1. The van der Waals surface area contributed by atoms with Crippen molar-refractivity contribution in [3.05, 3.63) is 12.3 Å². The van der Waals surface area contributed by atoms with Crippen LogP contribution in [0.2, 0.25) is 0 Å². The molecule has 0 unspecified atom stereocenters. The highest BCUT2D eigenvalue weighted by Gasteiger charge is 2.53. The Hall–Kier alpha value is -1.97. The quantitative estimate of drug-likeness (QED) is 0.563. The first-order valence-electron chi connectivity index (χ1n) is 11.2. The maximum atomic E-state index is 13.4. The van der Waals surface area contributed by atoms with E-state index in [9.17, 15) is 4.79 Å². The number of anilines is 2. The molecule has 1 aromatic rings. The Morgan fingerprint density at radius 1 is 1.33 bits per heavy atom. The average molecular weight is 419 g/mol. The molecule has 166 valence electrons. The number of amides is 1. The van der Waals surface area contributed by atoms with Gasteiger partial charge in [-0.1, -0.05) is 0 Å². The summed E-state index contributed by atoms with van der Waals surface area (Å²) in [4.78, 5) is 26.9. The lowest BCUT2D eigenvalue weighted by Crippen LogP contribution is -2.61. The van der Waals surface area contributed by atoms with E-state index in [4.69, 9.17) is 15.6 Å².